The van der Waals surface area contributed by atoms with Gasteiger partial charge in [0, 0.05) is 5.69 Å². The van der Waals surface area contributed by atoms with E-state index in [1.807, 2.05) is 42.5 Å². The van der Waals surface area contributed by atoms with Gasteiger partial charge in [-0.15, -0.1) is 0 Å². The van der Waals surface area contributed by atoms with Gasteiger partial charge >= 0.3 is 0 Å². The third-order valence-corrected chi connectivity index (χ3v) is 7.58. The summed E-state index contributed by atoms with van der Waals surface area (Å²) in [7, 11) is 1.52. The summed E-state index contributed by atoms with van der Waals surface area (Å²) < 4.78 is 25.7. The second-order valence-corrected chi connectivity index (χ2v) is 10.6. The van der Waals surface area contributed by atoms with Crippen molar-refractivity contribution in [3.05, 3.63) is 105 Å². The van der Waals surface area contributed by atoms with Crippen molar-refractivity contribution in [1.82, 2.24) is 4.90 Å². The number of methoxy groups -OCH3 is 1. The molecule has 0 atom stereocenters. The lowest BCUT2D eigenvalue weighted by Gasteiger charge is -2.15. The fraction of sp³-hybridized carbons (Fsp3) is 0.100. The molecule has 4 aromatic rings. The van der Waals surface area contributed by atoms with Gasteiger partial charge in [-0.1, -0.05) is 48.5 Å². The van der Waals surface area contributed by atoms with Crippen molar-refractivity contribution >= 4 is 67.3 Å². The standard InChI is InChI=1S/C30H22BrFN2O5S/c1-38-25-13-18(12-24(31)28(25)39-17-20-8-4-7-19-6-2-3-11-23(19)20)14-26-29(36)34(30(37)40-26)16-27(35)33-22-10-5-9-21(32)15-22/h2-15H,16-17H2,1H3,(H,33,35)/b26-14-. The Morgan fingerprint density at radius 1 is 1.05 bits per heavy atom. The topological polar surface area (TPSA) is 84.9 Å². The van der Waals surface area contributed by atoms with Gasteiger partial charge in [0.25, 0.3) is 11.1 Å². The molecule has 1 heterocycles. The highest BCUT2D eigenvalue weighted by atomic mass is 79.9. The quantitative estimate of drug-likeness (QED) is 0.213. The Balaban J connectivity index is 1.30. The van der Waals surface area contributed by atoms with Crippen LogP contribution in [0.3, 0.4) is 0 Å². The summed E-state index contributed by atoms with van der Waals surface area (Å²) in [5.41, 5.74) is 1.84. The van der Waals surface area contributed by atoms with Gasteiger partial charge in [-0.25, -0.2) is 4.39 Å². The van der Waals surface area contributed by atoms with E-state index in [-0.39, 0.29) is 10.6 Å². The van der Waals surface area contributed by atoms with Crippen molar-refractivity contribution in [3.8, 4) is 11.5 Å². The Morgan fingerprint density at radius 2 is 1.82 bits per heavy atom. The number of anilines is 1. The first kappa shape index (κ1) is 27.4. The molecule has 0 spiro atoms. The molecule has 202 valence electrons. The third-order valence-electron chi connectivity index (χ3n) is 6.09. The Labute approximate surface area is 242 Å². The van der Waals surface area contributed by atoms with E-state index in [1.165, 1.54) is 25.3 Å². The fourth-order valence-electron chi connectivity index (χ4n) is 4.23. The molecule has 0 unspecified atom stereocenters. The molecule has 10 heteroatoms. The number of hydrogen-bond acceptors (Lipinski definition) is 6. The van der Waals surface area contributed by atoms with E-state index < -0.39 is 29.4 Å². The van der Waals surface area contributed by atoms with Crippen LogP contribution in [-0.2, 0) is 16.2 Å². The Bertz CT molecular complexity index is 1670. The molecule has 1 fully saturated rings. The van der Waals surface area contributed by atoms with E-state index >= 15 is 0 Å². The second-order valence-electron chi connectivity index (χ2n) is 8.79. The molecule has 0 bridgehead atoms. The average molecular weight is 621 g/mol. The molecule has 3 amide bonds. The van der Waals surface area contributed by atoms with Crippen LogP contribution < -0.4 is 14.8 Å². The second kappa shape index (κ2) is 11.9. The maximum atomic E-state index is 13.4. The monoisotopic (exact) mass is 620 g/mol. The summed E-state index contributed by atoms with van der Waals surface area (Å²) in [5.74, 6) is -0.801. The van der Waals surface area contributed by atoms with Crippen LogP contribution in [-0.4, -0.2) is 35.6 Å². The number of halogens is 2. The molecule has 5 rings (SSSR count). The smallest absolute Gasteiger partial charge is 0.294 e. The first-order chi connectivity index (χ1) is 19.3. The van der Waals surface area contributed by atoms with E-state index in [1.54, 1.807) is 18.2 Å². The number of thioether (sulfide) groups is 1. The van der Waals surface area contributed by atoms with E-state index in [9.17, 15) is 18.8 Å². The van der Waals surface area contributed by atoms with Gasteiger partial charge in [-0.05, 0) is 86.0 Å². The minimum absolute atomic E-state index is 0.155. The van der Waals surface area contributed by atoms with Crippen molar-refractivity contribution in [3.63, 3.8) is 0 Å². The van der Waals surface area contributed by atoms with E-state index in [2.05, 4.69) is 21.2 Å². The molecule has 1 saturated heterocycles. The zero-order valence-electron chi connectivity index (χ0n) is 21.1. The number of hydrogen-bond donors (Lipinski definition) is 1. The van der Waals surface area contributed by atoms with Gasteiger partial charge < -0.3 is 14.8 Å². The minimum atomic E-state index is -0.619. The number of nitrogens with one attached hydrogen (secondary N) is 1. The first-order valence-electron chi connectivity index (χ1n) is 12.1. The number of ether oxygens (including phenoxy) is 2. The number of nitrogens with zero attached hydrogens (tertiary/aromatic N) is 1. The van der Waals surface area contributed by atoms with Crippen molar-refractivity contribution in [2.45, 2.75) is 6.61 Å². The van der Waals surface area contributed by atoms with Crippen molar-refractivity contribution in [2.75, 3.05) is 19.0 Å². The summed E-state index contributed by atoms with van der Waals surface area (Å²) >= 11 is 4.27. The molecule has 7 nitrogen and oxygen atoms in total. The Kier molecular flexibility index (Phi) is 8.18. The van der Waals surface area contributed by atoms with Crippen LogP contribution in [0, 0.1) is 5.82 Å². The summed E-state index contributed by atoms with van der Waals surface area (Å²) in [6.45, 7) is -0.182. The number of amides is 3. The van der Waals surface area contributed by atoms with Crippen molar-refractivity contribution in [2.24, 2.45) is 0 Å². The lowest BCUT2D eigenvalue weighted by Crippen LogP contribution is -2.36. The molecular formula is C30H22BrFN2O5S. The van der Waals surface area contributed by atoms with Gasteiger partial charge in [0.2, 0.25) is 5.91 Å². The summed E-state index contributed by atoms with van der Waals surface area (Å²) in [6, 6.07) is 22.9. The molecule has 0 aromatic heterocycles. The molecule has 4 aromatic carbocycles. The Morgan fingerprint density at radius 3 is 2.62 bits per heavy atom. The van der Waals surface area contributed by atoms with Gasteiger partial charge in [-0.3, -0.25) is 19.3 Å². The Hall–Kier alpha value is -4.15. The molecule has 1 aliphatic rings. The lowest BCUT2D eigenvalue weighted by molar-refractivity contribution is -0.127. The predicted octanol–water partition coefficient (Wildman–Crippen LogP) is 7.00. The van der Waals surface area contributed by atoms with Crippen LogP contribution >= 0.6 is 27.7 Å². The highest BCUT2D eigenvalue weighted by molar-refractivity contribution is 9.10. The van der Waals surface area contributed by atoms with Gasteiger partial charge in [0.05, 0.1) is 16.5 Å². The van der Waals surface area contributed by atoms with Crippen LogP contribution in [0.5, 0.6) is 11.5 Å². The number of carbonyl (C=O) groups is 3. The number of carbonyl (C=O) groups excluding carboxylic acids is 3. The van der Waals surface area contributed by atoms with Gasteiger partial charge in [0.15, 0.2) is 11.5 Å². The summed E-state index contributed by atoms with van der Waals surface area (Å²) in [6.07, 6.45) is 1.55. The zero-order chi connectivity index (χ0) is 28.2. The van der Waals surface area contributed by atoms with Gasteiger partial charge in [-0.2, -0.15) is 0 Å². The number of imide groups is 1. The fourth-order valence-corrected chi connectivity index (χ4v) is 5.64. The number of rotatable bonds is 8. The maximum Gasteiger partial charge on any atom is 0.294 e. The molecule has 0 radical (unpaired) electrons. The van der Waals surface area contributed by atoms with Crippen molar-refractivity contribution < 1.29 is 28.2 Å². The van der Waals surface area contributed by atoms with Crippen LogP contribution in [0.15, 0.2) is 88.2 Å². The summed E-state index contributed by atoms with van der Waals surface area (Å²) in [5, 5.41) is 4.12. The number of benzene rings is 4. The molecular weight excluding hydrogens is 599 g/mol. The molecule has 40 heavy (non-hydrogen) atoms. The minimum Gasteiger partial charge on any atom is -0.493 e. The van der Waals surface area contributed by atoms with Crippen LogP contribution in [0.4, 0.5) is 14.9 Å². The highest BCUT2D eigenvalue weighted by Gasteiger charge is 2.36. The average Bonchev–Trinajstić information content (AvgIpc) is 3.19. The molecule has 1 aliphatic heterocycles. The van der Waals surface area contributed by atoms with Crippen LogP contribution in [0.25, 0.3) is 16.8 Å². The van der Waals surface area contributed by atoms with E-state index in [0.29, 0.717) is 28.1 Å². The van der Waals surface area contributed by atoms with Crippen molar-refractivity contribution in [1.29, 1.82) is 0 Å². The highest BCUT2D eigenvalue weighted by Crippen LogP contribution is 2.39. The summed E-state index contributed by atoms with van der Waals surface area (Å²) in [4.78, 5) is 38.9. The van der Waals surface area contributed by atoms with E-state index in [4.69, 9.17) is 9.47 Å². The normalized spacial score (nSPS) is 14.2. The molecule has 0 aliphatic carbocycles. The van der Waals surface area contributed by atoms with Crippen LogP contribution in [0.1, 0.15) is 11.1 Å². The van der Waals surface area contributed by atoms with Crippen LogP contribution in [0.2, 0.25) is 0 Å². The zero-order valence-corrected chi connectivity index (χ0v) is 23.6. The number of fused-ring (bicyclic) bond motifs is 1. The predicted molar refractivity (Wildman–Crippen MR) is 157 cm³/mol. The maximum absolute atomic E-state index is 13.4. The SMILES string of the molecule is COc1cc(/C=C2\SC(=O)N(CC(=O)Nc3cccc(F)c3)C2=O)cc(Br)c1OCc1cccc2ccccc12. The molecule has 1 N–H and O–H groups in total. The first-order valence-corrected chi connectivity index (χ1v) is 13.7. The largest absolute Gasteiger partial charge is 0.493 e. The van der Waals surface area contributed by atoms with Gasteiger partial charge in [0.1, 0.15) is 19.0 Å². The lowest BCUT2D eigenvalue weighted by atomic mass is 10.1. The van der Waals surface area contributed by atoms with E-state index in [0.717, 1.165) is 39.1 Å². The third kappa shape index (κ3) is 6.03. The molecule has 0 saturated carbocycles.